The number of hydrogen-bond acceptors (Lipinski definition) is 2. The molecule has 0 amide bonds. The fourth-order valence-electron chi connectivity index (χ4n) is 2.10. The van der Waals surface area contributed by atoms with Crippen LogP contribution in [0.25, 0.3) is 0 Å². The highest BCUT2D eigenvalue weighted by Crippen LogP contribution is 2.33. The number of benzene rings is 2. The summed E-state index contributed by atoms with van der Waals surface area (Å²) in [6, 6.07) is 7.42. The Morgan fingerprint density at radius 2 is 1.71 bits per heavy atom. The monoisotopic (exact) mass is 291 g/mol. The average Bonchev–Trinajstić information content (AvgIpc) is 2.44. The third kappa shape index (κ3) is 3.39. The van der Waals surface area contributed by atoms with Gasteiger partial charge < -0.3 is 10.1 Å². The summed E-state index contributed by atoms with van der Waals surface area (Å²) in [4.78, 5) is 0. The molecule has 2 rings (SSSR count). The zero-order valence-electron chi connectivity index (χ0n) is 12.6. The van der Waals surface area contributed by atoms with Crippen LogP contribution in [0.4, 0.5) is 8.78 Å². The summed E-state index contributed by atoms with van der Waals surface area (Å²) < 4.78 is 32.8. The van der Waals surface area contributed by atoms with E-state index in [1.165, 1.54) is 18.2 Å². The Bertz CT molecular complexity index is 655. The fraction of sp³-hybridized carbons (Fsp3) is 0.294. The maximum absolute atomic E-state index is 13.8. The van der Waals surface area contributed by atoms with Gasteiger partial charge in [-0.05, 0) is 69.3 Å². The molecule has 0 aliphatic rings. The maximum atomic E-state index is 13.8. The van der Waals surface area contributed by atoms with Crippen LogP contribution in [-0.2, 0) is 0 Å². The first-order valence-electron chi connectivity index (χ1n) is 6.83. The first-order chi connectivity index (χ1) is 9.92. The van der Waals surface area contributed by atoms with Gasteiger partial charge in [-0.3, -0.25) is 0 Å². The van der Waals surface area contributed by atoms with E-state index in [1.807, 2.05) is 6.92 Å². The third-order valence-electron chi connectivity index (χ3n) is 3.55. The van der Waals surface area contributed by atoms with Crippen LogP contribution in [0.1, 0.15) is 29.7 Å². The van der Waals surface area contributed by atoms with Crippen molar-refractivity contribution < 1.29 is 13.5 Å². The molecule has 0 radical (unpaired) electrons. The molecular formula is C17H19F2NO. The Hall–Kier alpha value is -1.94. The Balaban J connectivity index is 2.45. The second kappa shape index (κ2) is 6.22. The van der Waals surface area contributed by atoms with Crippen LogP contribution in [0.3, 0.4) is 0 Å². The van der Waals surface area contributed by atoms with Crippen LogP contribution in [0.5, 0.6) is 11.5 Å². The van der Waals surface area contributed by atoms with Crippen molar-refractivity contribution >= 4 is 0 Å². The molecule has 21 heavy (non-hydrogen) atoms. The van der Waals surface area contributed by atoms with E-state index in [-0.39, 0.29) is 17.7 Å². The van der Waals surface area contributed by atoms with Crippen LogP contribution in [0.15, 0.2) is 30.3 Å². The molecule has 0 spiro atoms. The normalized spacial score (nSPS) is 12.3. The van der Waals surface area contributed by atoms with Gasteiger partial charge in [-0.2, -0.15) is 0 Å². The molecule has 0 aliphatic carbocycles. The SMILES string of the molecule is CNC(C)c1cc(F)c(C)cc1Oc1ccc(F)cc1C. The molecule has 0 aliphatic heterocycles. The quantitative estimate of drug-likeness (QED) is 0.885. The summed E-state index contributed by atoms with van der Waals surface area (Å²) >= 11 is 0. The third-order valence-corrected chi connectivity index (χ3v) is 3.55. The summed E-state index contributed by atoms with van der Waals surface area (Å²) in [5.74, 6) is 0.562. The van der Waals surface area contributed by atoms with Crippen molar-refractivity contribution in [1.29, 1.82) is 0 Å². The molecule has 112 valence electrons. The fourth-order valence-corrected chi connectivity index (χ4v) is 2.10. The van der Waals surface area contributed by atoms with E-state index < -0.39 is 0 Å². The van der Waals surface area contributed by atoms with Crippen LogP contribution in [-0.4, -0.2) is 7.05 Å². The minimum Gasteiger partial charge on any atom is -0.457 e. The van der Waals surface area contributed by atoms with Crippen molar-refractivity contribution in [3.05, 3.63) is 58.7 Å². The lowest BCUT2D eigenvalue weighted by Gasteiger charge is -2.18. The number of hydrogen-bond donors (Lipinski definition) is 1. The highest BCUT2D eigenvalue weighted by Gasteiger charge is 2.15. The van der Waals surface area contributed by atoms with Gasteiger partial charge in [-0.15, -0.1) is 0 Å². The number of rotatable bonds is 4. The molecule has 2 aromatic carbocycles. The molecular weight excluding hydrogens is 272 g/mol. The maximum Gasteiger partial charge on any atom is 0.132 e. The summed E-state index contributed by atoms with van der Waals surface area (Å²) in [5, 5.41) is 3.07. The standard InChI is InChI=1S/C17H19F2NO/c1-10-8-17(14(9-15(10)19)12(3)20-4)21-16-6-5-13(18)7-11(16)2/h5-9,12,20H,1-4H3. The second-order valence-electron chi connectivity index (χ2n) is 5.16. The van der Waals surface area contributed by atoms with Gasteiger partial charge in [-0.25, -0.2) is 8.78 Å². The molecule has 1 atom stereocenters. The zero-order chi connectivity index (χ0) is 15.6. The minimum absolute atomic E-state index is 0.0594. The van der Waals surface area contributed by atoms with Crippen molar-refractivity contribution in [2.24, 2.45) is 0 Å². The predicted octanol–water partition coefficient (Wildman–Crippen LogP) is 4.65. The number of halogens is 2. The van der Waals surface area contributed by atoms with Gasteiger partial charge in [0.05, 0.1) is 0 Å². The van der Waals surface area contributed by atoms with E-state index >= 15 is 0 Å². The lowest BCUT2D eigenvalue weighted by Crippen LogP contribution is -2.14. The van der Waals surface area contributed by atoms with Gasteiger partial charge in [0, 0.05) is 11.6 Å². The molecule has 2 aromatic rings. The molecule has 0 saturated carbocycles. The number of aryl methyl sites for hydroxylation is 2. The Labute approximate surface area is 123 Å². The van der Waals surface area contributed by atoms with Crippen LogP contribution < -0.4 is 10.1 Å². The first-order valence-corrected chi connectivity index (χ1v) is 6.83. The number of ether oxygens (including phenoxy) is 1. The van der Waals surface area contributed by atoms with E-state index in [4.69, 9.17) is 4.74 Å². The van der Waals surface area contributed by atoms with Crippen molar-refractivity contribution in [3.63, 3.8) is 0 Å². The Morgan fingerprint density at radius 3 is 2.33 bits per heavy atom. The van der Waals surface area contributed by atoms with E-state index in [2.05, 4.69) is 5.32 Å². The van der Waals surface area contributed by atoms with Crippen molar-refractivity contribution in [1.82, 2.24) is 5.32 Å². The molecule has 0 heterocycles. The van der Waals surface area contributed by atoms with E-state index in [0.717, 1.165) is 5.56 Å². The number of nitrogens with one attached hydrogen (secondary N) is 1. The summed E-state index contributed by atoms with van der Waals surface area (Å²) in [5.41, 5.74) is 1.93. The van der Waals surface area contributed by atoms with Gasteiger partial charge in [0.15, 0.2) is 0 Å². The van der Waals surface area contributed by atoms with Crippen molar-refractivity contribution in [2.45, 2.75) is 26.8 Å². The minimum atomic E-state index is -0.307. The summed E-state index contributed by atoms with van der Waals surface area (Å²) in [7, 11) is 1.80. The topological polar surface area (TPSA) is 21.3 Å². The summed E-state index contributed by atoms with van der Waals surface area (Å²) in [6.45, 7) is 5.39. The lowest BCUT2D eigenvalue weighted by atomic mass is 10.0. The molecule has 0 aromatic heterocycles. The van der Waals surface area contributed by atoms with Gasteiger partial charge in [-0.1, -0.05) is 0 Å². The van der Waals surface area contributed by atoms with Crippen LogP contribution >= 0.6 is 0 Å². The lowest BCUT2D eigenvalue weighted by molar-refractivity contribution is 0.457. The Morgan fingerprint density at radius 1 is 1.00 bits per heavy atom. The van der Waals surface area contributed by atoms with Crippen molar-refractivity contribution in [3.8, 4) is 11.5 Å². The molecule has 2 nitrogen and oxygen atoms in total. The highest BCUT2D eigenvalue weighted by molar-refractivity contribution is 5.44. The molecule has 0 bridgehead atoms. The predicted molar refractivity (Wildman–Crippen MR) is 79.8 cm³/mol. The molecule has 4 heteroatoms. The van der Waals surface area contributed by atoms with Gasteiger partial charge in [0.25, 0.3) is 0 Å². The van der Waals surface area contributed by atoms with E-state index in [0.29, 0.717) is 22.6 Å². The molecule has 1 unspecified atom stereocenters. The largest absolute Gasteiger partial charge is 0.457 e. The average molecular weight is 291 g/mol. The van der Waals surface area contributed by atoms with Crippen LogP contribution in [0.2, 0.25) is 0 Å². The molecule has 0 saturated heterocycles. The van der Waals surface area contributed by atoms with Gasteiger partial charge in [0.1, 0.15) is 23.1 Å². The molecule has 1 N–H and O–H groups in total. The highest BCUT2D eigenvalue weighted by atomic mass is 19.1. The smallest absolute Gasteiger partial charge is 0.132 e. The zero-order valence-corrected chi connectivity index (χ0v) is 12.6. The first kappa shape index (κ1) is 15.4. The molecule has 0 fully saturated rings. The van der Waals surface area contributed by atoms with E-state index in [1.54, 1.807) is 33.0 Å². The Kier molecular flexibility index (Phi) is 4.58. The van der Waals surface area contributed by atoms with Gasteiger partial charge >= 0.3 is 0 Å². The van der Waals surface area contributed by atoms with Crippen molar-refractivity contribution in [2.75, 3.05) is 7.05 Å². The van der Waals surface area contributed by atoms with E-state index in [9.17, 15) is 8.78 Å². The van der Waals surface area contributed by atoms with Crippen LogP contribution in [0, 0.1) is 25.5 Å². The van der Waals surface area contributed by atoms with Gasteiger partial charge in [0.2, 0.25) is 0 Å². The second-order valence-corrected chi connectivity index (χ2v) is 5.16. The summed E-state index contributed by atoms with van der Waals surface area (Å²) in [6.07, 6.45) is 0.